The fourth-order valence-corrected chi connectivity index (χ4v) is 7.12. The van der Waals surface area contributed by atoms with Crippen LogP contribution in [0, 0.1) is 11.6 Å². The van der Waals surface area contributed by atoms with E-state index in [-0.39, 0.29) is 125 Å². The number of carboxylic acids is 1. The molecule has 64 heavy (non-hydrogen) atoms. The van der Waals surface area contributed by atoms with Crippen molar-refractivity contribution >= 4 is 69.3 Å². The molecule has 3 N–H and O–H groups in total. The van der Waals surface area contributed by atoms with Crippen molar-refractivity contribution in [3.05, 3.63) is 131 Å². The molecule has 0 bridgehead atoms. The van der Waals surface area contributed by atoms with Crippen molar-refractivity contribution in [1.82, 2.24) is 39.5 Å². The van der Waals surface area contributed by atoms with E-state index in [1.54, 1.807) is 58.3 Å². The molecule has 334 valence electrons. The summed E-state index contributed by atoms with van der Waals surface area (Å²) in [4.78, 5) is 117. The van der Waals surface area contributed by atoms with Crippen molar-refractivity contribution in [2.75, 3.05) is 52.4 Å². The number of carbonyl (C=O) groups is 8. The summed E-state index contributed by atoms with van der Waals surface area (Å²) in [5.74, 6) is -6.87. The number of carboxylic acid groups (broad SMARTS) is 1. The van der Waals surface area contributed by atoms with Gasteiger partial charge in [0.05, 0.1) is 45.3 Å². The maximum Gasteiger partial charge on any atom is 0.356 e. The Bertz CT molecular complexity index is 2720. The van der Waals surface area contributed by atoms with Gasteiger partial charge < -0.3 is 34.7 Å². The molecule has 2 fully saturated rings. The van der Waals surface area contributed by atoms with E-state index >= 15 is 0 Å². The van der Waals surface area contributed by atoms with Crippen molar-refractivity contribution in [3.63, 3.8) is 0 Å². The molecule has 0 atom stereocenters. The molecular formula is C45H46F2N8O9. The molecule has 2 aromatic carbocycles. The molecule has 0 radical (unpaired) electrons. The summed E-state index contributed by atoms with van der Waals surface area (Å²) in [6, 6.07) is 17.5. The number of fused-ring (bicyclic) bond motifs is 2. The molecule has 0 spiro atoms. The fraction of sp³-hybridized carbons (Fsp3) is 0.244. The number of aromatic carboxylic acids is 1. The Balaban J connectivity index is 0.000000268. The summed E-state index contributed by atoms with van der Waals surface area (Å²) < 4.78 is 28.5. The minimum absolute atomic E-state index is 0. The molecule has 4 aromatic heterocycles. The number of aldehydes is 1. The normalized spacial score (nSPS) is 13.3. The maximum absolute atomic E-state index is 14.3. The van der Waals surface area contributed by atoms with Crippen LogP contribution in [-0.2, 0) is 9.59 Å². The molecule has 17 nitrogen and oxygen atoms in total. The van der Waals surface area contributed by atoms with Gasteiger partial charge in [-0.05, 0) is 24.3 Å². The van der Waals surface area contributed by atoms with E-state index in [0.717, 1.165) is 12.4 Å². The van der Waals surface area contributed by atoms with Gasteiger partial charge in [0.2, 0.25) is 0 Å². The van der Waals surface area contributed by atoms with Crippen LogP contribution in [0.5, 0.6) is 0 Å². The van der Waals surface area contributed by atoms with Crippen LogP contribution in [0.3, 0.4) is 0 Å². The fourth-order valence-electron chi connectivity index (χ4n) is 7.12. The van der Waals surface area contributed by atoms with Crippen LogP contribution in [0.25, 0.3) is 21.8 Å². The van der Waals surface area contributed by atoms with Gasteiger partial charge in [-0.15, -0.1) is 0 Å². The number of H-pyrrole nitrogens is 2. The monoisotopic (exact) mass is 880 g/mol. The van der Waals surface area contributed by atoms with Crippen LogP contribution < -0.4 is 0 Å². The lowest BCUT2D eigenvalue weighted by Crippen LogP contribution is -2.52. The summed E-state index contributed by atoms with van der Waals surface area (Å²) in [5.41, 5.74) is 0.0897. The van der Waals surface area contributed by atoms with E-state index in [1.165, 1.54) is 16.0 Å². The van der Waals surface area contributed by atoms with Crippen LogP contribution in [0.1, 0.15) is 84.7 Å². The SMILES string of the molecule is C.C.C.O=C(O)c1ncc(F)c2c(C(=O)C(=O)N3CCN(C(=O)c4ccccc4)CC3)c[nH]c12.O=Cc1ncc(F)c2c(C(=O)C(=O)N3CCN(C(=O)c4ccccc4)CC3)c[nH]c12. The van der Waals surface area contributed by atoms with Gasteiger partial charge in [0.15, 0.2) is 23.6 Å². The molecule has 2 saturated heterocycles. The van der Waals surface area contributed by atoms with Gasteiger partial charge in [0, 0.05) is 75.9 Å². The first-order valence-electron chi connectivity index (χ1n) is 18.7. The van der Waals surface area contributed by atoms with E-state index < -0.39 is 46.7 Å². The van der Waals surface area contributed by atoms with Crippen LogP contribution in [0.2, 0.25) is 0 Å². The van der Waals surface area contributed by atoms with E-state index in [2.05, 4.69) is 19.9 Å². The maximum atomic E-state index is 14.3. The molecule has 6 heterocycles. The highest BCUT2D eigenvalue weighted by molar-refractivity contribution is 6.45. The van der Waals surface area contributed by atoms with Crippen LogP contribution in [0.4, 0.5) is 8.78 Å². The predicted molar refractivity (Wildman–Crippen MR) is 231 cm³/mol. The summed E-state index contributed by atoms with van der Waals surface area (Å²) in [5, 5.41) is 8.77. The molecule has 2 aliphatic rings. The largest absolute Gasteiger partial charge is 0.476 e. The number of ketones is 2. The second kappa shape index (κ2) is 20.7. The zero-order valence-corrected chi connectivity index (χ0v) is 32.0. The number of carbonyl (C=O) groups excluding carboxylic acids is 7. The second-order valence-corrected chi connectivity index (χ2v) is 13.8. The van der Waals surface area contributed by atoms with Gasteiger partial charge in [-0.25, -0.2) is 23.5 Å². The highest BCUT2D eigenvalue weighted by Crippen LogP contribution is 2.26. The minimum atomic E-state index is -1.39. The number of pyridine rings is 2. The van der Waals surface area contributed by atoms with E-state index in [9.17, 15) is 52.2 Å². The van der Waals surface area contributed by atoms with E-state index in [4.69, 9.17) is 0 Å². The van der Waals surface area contributed by atoms with Crippen LogP contribution in [0.15, 0.2) is 85.5 Å². The lowest BCUT2D eigenvalue weighted by Gasteiger charge is -2.34. The first kappa shape index (κ1) is 48.7. The molecule has 19 heteroatoms. The lowest BCUT2D eigenvalue weighted by molar-refractivity contribution is -0.128. The Hall–Kier alpha value is -7.96. The molecule has 2 aliphatic heterocycles. The third-order valence-corrected chi connectivity index (χ3v) is 10.3. The number of halogens is 2. The standard InChI is InChI=1S/C21H17FN4O5.C21H17FN4O4.3CH4/c22-14-11-24-17(21(30)31)16-15(14)13(10-23-16)18(27)20(29)26-8-6-25(7-9-26)19(28)12-4-2-1-3-5-12;22-15-11-23-16(12-27)18-17(15)14(10-24-18)19(28)21(30)26-8-6-25(7-9-26)20(29)13-4-2-1-3-5-13;;;/h1-5,10-11,23H,6-9H2,(H,30,31);1-5,10-12,24H,6-9H2;3*1H4. The number of amides is 4. The quantitative estimate of drug-likeness (QED) is 0.103. The molecule has 4 amide bonds. The lowest BCUT2D eigenvalue weighted by atomic mass is 10.1. The van der Waals surface area contributed by atoms with Gasteiger partial charge in [-0.2, -0.15) is 0 Å². The Morgan fingerprint density at radius 3 is 1.34 bits per heavy atom. The first-order valence-corrected chi connectivity index (χ1v) is 18.7. The molecule has 8 rings (SSSR count). The summed E-state index contributed by atoms with van der Waals surface area (Å²) in [6.45, 7) is 1.75. The highest BCUT2D eigenvalue weighted by atomic mass is 19.1. The highest BCUT2D eigenvalue weighted by Gasteiger charge is 2.33. The summed E-state index contributed by atoms with van der Waals surface area (Å²) in [7, 11) is 0. The zero-order chi connectivity index (χ0) is 43.4. The number of aromatic amines is 2. The Labute approximate surface area is 365 Å². The smallest absolute Gasteiger partial charge is 0.356 e. The minimum Gasteiger partial charge on any atom is -0.476 e. The van der Waals surface area contributed by atoms with Crippen molar-refractivity contribution < 1.29 is 52.2 Å². The third-order valence-electron chi connectivity index (χ3n) is 10.3. The number of piperazine rings is 2. The molecule has 0 unspecified atom stereocenters. The number of hydrogen-bond acceptors (Lipinski definition) is 10. The number of rotatable bonds is 8. The Morgan fingerprint density at radius 2 is 0.938 bits per heavy atom. The van der Waals surface area contributed by atoms with Gasteiger partial charge in [0.25, 0.3) is 35.2 Å². The average Bonchev–Trinajstić information content (AvgIpc) is 3.96. The van der Waals surface area contributed by atoms with Crippen molar-refractivity contribution in [1.29, 1.82) is 0 Å². The number of aromatic nitrogens is 4. The van der Waals surface area contributed by atoms with Gasteiger partial charge in [-0.1, -0.05) is 58.7 Å². The third kappa shape index (κ3) is 9.57. The number of nitrogens with one attached hydrogen (secondary N) is 2. The Kier molecular flexibility index (Phi) is 15.8. The van der Waals surface area contributed by atoms with Crippen LogP contribution >= 0.6 is 0 Å². The van der Waals surface area contributed by atoms with Crippen molar-refractivity contribution in [2.45, 2.75) is 22.3 Å². The number of nitrogens with zero attached hydrogens (tertiary/aromatic N) is 6. The number of Topliss-reactive ketones (excluding diaryl/α,β-unsaturated/α-hetero) is 2. The molecular weight excluding hydrogens is 835 g/mol. The molecule has 0 saturated carbocycles. The topological polar surface area (TPSA) is 227 Å². The van der Waals surface area contributed by atoms with Gasteiger partial charge >= 0.3 is 5.97 Å². The first-order chi connectivity index (χ1) is 29.4. The predicted octanol–water partition coefficient (Wildman–Crippen LogP) is 5.16. The Morgan fingerprint density at radius 1 is 0.562 bits per heavy atom. The molecule has 0 aliphatic carbocycles. The van der Waals surface area contributed by atoms with Gasteiger partial charge in [0.1, 0.15) is 5.69 Å². The number of hydrogen-bond donors (Lipinski definition) is 3. The zero-order valence-electron chi connectivity index (χ0n) is 32.0. The summed E-state index contributed by atoms with van der Waals surface area (Å²) >= 11 is 0. The van der Waals surface area contributed by atoms with Crippen molar-refractivity contribution in [3.8, 4) is 0 Å². The molecule has 6 aromatic rings. The van der Waals surface area contributed by atoms with Crippen molar-refractivity contribution in [2.24, 2.45) is 0 Å². The summed E-state index contributed by atoms with van der Waals surface area (Å²) in [6.07, 6.45) is 4.30. The van der Waals surface area contributed by atoms with E-state index in [0.29, 0.717) is 23.6 Å². The second-order valence-electron chi connectivity index (χ2n) is 13.8. The van der Waals surface area contributed by atoms with Crippen LogP contribution in [-0.4, -0.2) is 144 Å². The average molecular weight is 881 g/mol. The van der Waals surface area contributed by atoms with Gasteiger partial charge in [-0.3, -0.25) is 33.6 Å². The van der Waals surface area contributed by atoms with E-state index in [1.807, 2.05) is 12.1 Å². The number of benzene rings is 2.